The van der Waals surface area contributed by atoms with Gasteiger partial charge in [-0.1, -0.05) is 41.9 Å². The first-order valence-corrected chi connectivity index (χ1v) is 11.8. The van der Waals surface area contributed by atoms with Crippen LogP contribution in [0.3, 0.4) is 0 Å². The third-order valence-electron chi connectivity index (χ3n) is 4.89. The molecular formula is C20H22N4O3S2. The lowest BCUT2D eigenvalue weighted by molar-refractivity contribution is 0.248. The lowest BCUT2D eigenvalue weighted by Gasteiger charge is -2.12. The van der Waals surface area contributed by atoms with Gasteiger partial charge in [0.05, 0.1) is 15.1 Å². The van der Waals surface area contributed by atoms with Crippen LogP contribution in [0.4, 0.5) is 15.6 Å². The minimum absolute atomic E-state index is 0.188. The van der Waals surface area contributed by atoms with E-state index in [1.165, 1.54) is 11.3 Å². The van der Waals surface area contributed by atoms with Crippen LogP contribution in [-0.4, -0.2) is 25.5 Å². The molecule has 0 spiro atoms. The van der Waals surface area contributed by atoms with Crippen LogP contribution in [0.15, 0.2) is 47.4 Å². The van der Waals surface area contributed by atoms with Crippen LogP contribution in [0.5, 0.6) is 0 Å². The van der Waals surface area contributed by atoms with E-state index in [1.807, 2.05) is 13.0 Å². The highest BCUT2D eigenvalue weighted by atomic mass is 32.2. The highest BCUT2D eigenvalue weighted by Crippen LogP contribution is 2.29. The number of rotatable bonds is 5. The van der Waals surface area contributed by atoms with E-state index in [4.69, 9.17) is 0 Å². The topological polar surface area (TPSA) is 100 Å². The molecule has 7 nitrogen and oxygen atoms in total. The Balaban J connectivity index is 1.47. The van der Waals surface area contributed by atoms with E-state index in [0.29, 0.717) is 11.2 Å². The number of sulfonamides is 1. The normalized spacial score (nSPS) is 14.8. The Hall–Kier alpha value is -2.65. The molecule has 152 valence electrons. The number of benzene rings is 2. The molecule has 29 heavy (non-hydrogen) atoms. The van der Waals surface area contributed by atoms with Gasteiger partial charge < -0.3 is 10.6 Å². The van der Waals surface area contributed by atoms with Crippen LogP contribution in [0, 0.1) is 6.92 Å². The minimum atomic E-state index is -3.70. The highest BCUT2D eigenvalue weighted by Gasteiger charge is 2.18. The zero-order valence-electron chi connectivity index (χ0n) is 15.9. The molecule has 1 aliphatic carbocycles. The third-order valence-corrected chi connectivity index (χ3v) is 7.32. The fraction of sp³-hybridized carbons (Fsp3) is 0.300. The molecule has 1 heterocycles. The van der Waals surface area contributed by atoms with Gasteiger partial charge in [0, 0.05) is 11.7 Å². The second kappa shape index (κ2) is 8.00. The second-order valence-electron chi connectivity index (χ2n) is 7.20. The van der Waals surface area contributed by atoms with Crippen LogP contribution in [-0.2, 0) is 10.0 Å². The standard InChI is InChI=1S/C20H22N4O3S2/c1-13-6-9-16(10-7-13)29(26,27)24-20-23-17-12-15(8-11-18(17)28-20)22-19(25)21-14-4-2-3-5-14/h6-12,14H,2-5H2,1H3,(H,23,24)(H2,21,22,25). The van der Waals surface area contributed by atoms with Crippen molar-refractivity contribution in [2.75, 3.05) is 10.0 Å². The lowest BCUT2D eigenvalue weighted by Crippen LogP contribution is -2.36. The van der Waals surface area contributed by atoms with Crippen LogP contribution in [0.2, 0.25) is 0 Å². The molecular weight excluding hydrogens is 408 g/mol. The summed E-state index contributed by atoms with van der Waals surface area (Å²) in [6.07, 6.45) is 4.33. The molecule has 3 aromatic rings. The van der Waals surface area contributed by atoms with Gasteiger partial charge in [0.1, 0.15) is 0 Å². The van der Waals surface area contributed by atoms with E-state index in [1.54, 1.807) is 36.4 Å². The number of nitrogens with zero attached hydrogens (tertiary/aromatic N) is 1. The van der Waals surface area contributed by atoms with E-state index < -0.39 is 10.0 Å². The second-order valence-corrected chi connectivity index (χ2v) is 9.91. The number of hydrogen-bond donors (Lipinski definition) is 3. The van der Waals surface area contributed by atoms with Crippen LogP contribution >= 0.6 is 11.3 Å². The summed E-state index contributed by atoms with van der Waals surface area (Å²) < 4.78 is 28.5. The summed E-state index contributed by atoms with van der Waals surface area (Å²) in [5, 5.41) is 6.09. The van der Waals surface area contributed by atoms with Crippen molar-refractivity contribution in [2.45, 2.75) is 43.5 Å². The number of thiazole rings is 1. The number of aromatic nitrogens is 1. The molecule has 1 fully saturated rings. The summed E-state index contributed by atoms with van der Waals surface area (Å²) in [6.45, 7) is 1.90. The summed E-state index contributed by atoms with van der Waals surface area (Å²) in [6, 6.07) is 12.0. The first-order chi connectivity index (χ1) is 13.9. The average Bonchev–Trinajstić information content (AvgIpc) is 3.30. The van der Waals surface area contributed by atoms with E-state index in [-0.39, 0.29) is 22.1 Å². The first-order valence-electron chi connectivity index (χ1n) is 9.47. The Labute approximate surface area is 173 Å². The Kier molecular flexibility index (Phi) is 5.42. The third kappa shape index (κ3) is 4.68. The number of aryl methyl sites for hydroxylation is 1. The average molecular weight is 431 g/mol. The molecule has 9 heteroatoms. The number of carbonyl (C=O) groups excluding carboxylic acids is 1. The summed E-state index contributed by atoms with van der Waals surface area (Å²) in [4.78, 5) is 16.7. The van der Waals surface area contributed by atoms with E-state index in [2.05, 4.69) is 20.3 Å². The maximum atomic E-state index is 12.6. The summed E-state index contributed by atoms with van der Waals surface area (Å²) in [5.74, 6) is 0. The molecule has 4 rings (SSSR count). The molecule has 2 amide bonds. The quantitative estimate of drug-likeness (QED) is 0.556. The minimum Gasteiger partial charge on any atom is -0.335 e. The van der Waals surface area contributed by atoms with Crippen LogP contribution < -0.4 is 15.4 Å². The Morgan fingerprint density at radius 2 is 1.83 bits per heavy atom. The molecule has 0 unspecified atom stereocenters. The molecule has 3 N–H and O–H groups in total. The lowest BCUT2D eigenvalue weighted by atomic mass is 10.2. The largest absolute Gasteiger partial charge is 0.335 e. The number of nitrogens with one attached hydrogen (secondary N) is 3. The molecule has 1 saturated carbocycles. The zero-order chi connectivity index (χ0) is 20.4. The van der Waals surface area contributed by atoms with Gasteiger partial charge in [-0.25, -0.2) is 18.2 Å². The zero-order valence-corrected chi connectivity index (χ0v) is 17.6. The molecule has 0 atom stereocenters. The van der Waals surface area contributed by atoms with Gasteiger partial charge >= 0.3 is 6.03 Å². The van der Waals surface area contributed by atoms with Crippen molar-refractivity contribution in [3.05, 3.63) is 48.0 Å². The van der Waals surface area contributed by atoms with Crippen molar-refractivity contribution >= 4 is 48.4 Å². The van der Waals surface area contributed by atoms with Crippen molar-refractivity contribution in [1.29, 1.82) is 0 Å². The fourth-order valence-electron chi connectivity index (χ4n) is 3.36. The van der Waals surface area contributed by atoms with Crippen molar-refractivity contribution < 1.29 is 13.2 Å². The number of urea groups is 1. The number of amides is 2. The predicted octanol–water partition coefficient (Wildman–Crippen LogP) is 4.47. The molecule has 0 bridgehead atoms. The van der Waals surface area contributed by atoms with E-state index in [0.717, 1.165) is 35.9 Å². The predicted molar refractivity (Wildman–Crippen MR) is 116 cm³/mol. The molecule has 0 radical (unpaired) electrons. The monoisotopic (exact) mass is 430 g/mol. The van der Waals surface area contributed by atoms with E-state index >= 15 is 0 Å². The number of carbonyl (C=O) groups is 1. The Morgan fingerprint density at radius 1 is 1.10 bits per heavy atom. The molecule has 2 aromatic carbocycles. The maximum Gasteiger partial charge on any atom is 0.319 e. The van der Waals surface area contributed by atoms with Gasteiger partial charge in [0.25, 0.3) is 10.0 Å². The van der Waals surface area contributed by atoms with Gasteiger partial charge in [-0.3, -0.25) is 4.72 Å². The van der Waals surface area contributed by atoms with E-state index in [9.17, 15) is 13.2 Å². The Bertz CT molecular complexity index is 1130. The van der Waals surface area contributed by atoms with Crippen molar-refractivity contribution in [1.82, 2.24) is 10.3 Å². The Morgan fingerprint density at radius 3 is 2.55 bits per heavy atom. The molecule has 0 aliphatic heterocycles. The number of anilines is 2. The van der Waals surface area contributed by atoms with Gasteiger partial charge in [0.15, 0.2) is 5.13 Å². The van der Waals surface area contributed by atoms with Crippen molar-refractivity contribution in [2.24, 2.45) is 0 Å². The summed E-state index contributed by atoms with van der Waals surface area (Å²) in [5.41, 5.74) is 2.22. The van der Waals surface area contributed by atoms with Crippen LogP contribution in [0.25, 0.3) is 10.2 Å². The molecule has 0 saturated heterocycles. The van der Waals surface area contributed by atoms with Crippen molar-refractivity contribution in [3.63, 3.8) is 0 Å². The first kappa shape index (κ1) is 19.7. The van der Waals surface area contributed by atoms with Crippen LogP contribution in [0.1, 0.15) is 31.2 Å². The number of fused-ring (bicyclic) bond motifs is 1. The highest BCUT2D eigenvalue weighted by molar-refractivity contribution is 7.93. The smallest absolute Gasteiger partial charge is 0.319 e. The molecule has 1 aromatic heterocycles. The fourth-order valence-corrected chi connectivity index (χ4v) is 5.44. The van der Waals surface area contributed by atoms with Gasteiger partial charge in [-0.05, 0) is 50.1 Å². The summed E-state index contributed by atoms with van der Waals surface area (Å²) >= 11 is 1.25. The van der Waals surface area contributed by atoms with Crippen molar-refractivity contribution in [3.8, 4) is 0 Å². The maximum absolute atomic E-state index is 12.6. The SMILES string of the molecule is Cc1ccc(S(=O)(=O)Nc2nc3cc(NC(=O)NC4CCCC4)ccc3s2)cc1. The summed E-state index contributed by atoms with van der Waals surface area (Å²) in [7, 11) is -3.70. The van der Waals surface area contributed by atoms with Gasteiger partial charge in [-0.15, -0.1) is 0 Å². The number of hydrogen-bond acceptors (Lipinski definition) is 5. The molecule has 1 aliphatic rings. The van der Waals surface area contributed by atoms with Gasteiger partial charge in [-0.2, -0.15) is 0 Å². The van der Waals surface area contributed by atoms with Gasteiger partial charge in [0.2, 0.25) is 0 Å².